The molecule has 24 heavy (non-hydrogen) atoms. The average molecular weight is 336 g/mol. The zero-order valence-corrected chi connectivity index (χ0v) is 14.0. The van der Waals surface area contributed by atoms with Crippen LogP contribution in [0, 0.1) is 0 Å². The molecule has 4 rings (SSSR count). The SMILES string of the molecule is NC[C@@]1(c2ccccc2)Cc2c(ccc(Cl)c2-c2ccccc2)O1. The molecule has 0 fully saturated rings. The average Bonchev–Trinajstić information content (AvgIpc) is 3.03. The zero-order chi connectivity index (χ0) is 16.6. The first-order valence-electron chi connectivity index (χ1n) is 8.05. The molecule has 3 heteroatoms. The maximum atomic E-state index is 6.54. The molecule has 3 aromatic rings. The van der Waals surface area contributed by atoms with Gasteiger partial charge in [-0.05, 0) is 23.3 Å². The van der Waals surface area contributed by atoms with Gasteiger partial charge in [0.25, 0.3) is 0 Å². The molecule has 1 atom stereocenters. The van der Waals surface area contributed by atoms with Crippen LogP contribution in [0.4, 0.5) is 0 Å². The number of nitrogens with two attached hydrogens (primary N) is 1. The van der Waals surface area contributed by atoms with Crippen molar-refractivity contribution in [1.82, 2.24) is 0 Å². The van der Waals surface area contributed by atoms with E-state index in [-0.39, 0.29) is 0 Å². The molecule has 2 N–H and O–H groups in total. The van der Waals surface area contributed by atoms with Crippen molar-refractivity contribution in [3.8, 4) is 16.9 Å². The maximum Gasteiger partial charge on any atom is 0.150 e. The maximum absolute atomic E-state index is 6.54. The van der Waals surface area contributed by atoms with Crippen LogP contribution in [0.15, 0.2) is 72.8 Å². The van der Waals surface area contributed by atoms with E-state index >= 15 is 0 Å². The van der Waals surface area contributed by atoms with E-state index in [2.05, 4.69) is 24.3 Å². The summed E-state index contributed by atoms with van der Waals surface area (Å²) in [6.45, 7) is 0.414. The standard InChI is InChI=1S/C21H18ClNO/c22-18-11-12-19-17(20(18)15-7-3-1-4-8-15)13-21(14-23,24-19)16-9-5-2-6-10-16/h1-12H,13-14,23H2/t21-/m1/s1. The molecule has 120 valence electrons. The van der Waals surface area contributed by atoms with Gasteiger partial charge in [-0.15, -0.1) is 0 Å². The Bertz CT molecular complexity index is 864. The van der Waals surface area contributed by atoms with Crippen LogP contribution in [0.5, 0.6) is 5.75 Å². The number of fused-ring (bicyclic) bond motifs is 1. The molecule has 0 unspecified atom stereocenters. The number of rotatable bonds is 3. The highest BCUT2D eigenvalue weighted by Crippen LogP contribution is 2.47. The van der Waals surface area contributed by atoms with Crippen LogP contribution in [-0.4, -0.2) is 6.54 Å². The lowest BCUT2D eigenvalue weighted by Gasteiger charge is -2.27. The molecule has 0 amide bonds. The number of hydrogen-bond donors (Lipinski definition) is 1. The van der Waals surface area contributed by atoms with Gasteiger partial charge >= 0.3 is 0 Å². The Morgan fingerprint density at radius 2 is 1.58 bits per heavy atom. The quantitative estimate of drug-likeness (QED) is 0.746. The van der Waals surface area contributed by atoms with Crippen molar-refractivity contribution in [2.24, 2.45) is 5.73 Å². The Hall–Kier alpha value is -2.29. The number of hydrogen-bond acceptors (Lipinski definition) is 2. The van der Waals surface area contributed by atoms with E-state index in [1.165, 1.54) is 0 Å². The van der Waals surface area contributed by atoms with Crippen LogP contribution in [0.2, 0.25) is 5.02 Å². The third kappa shape index (κ3) is 2.39. The summed E-state index contributed by atoms with van der Waals surface area (Å²) < 4.78 is 6.36. The van der Waals surface area contributed by atoms with Gasteiger partial charge in [-0.3, -0.25) is 0 Å². The Balaban J connectivity index is 1.85. The second kappa shape index (κ2) is 5.97. The van der Waals surface area contributed by atoms with Crippen molar-refractivity contribution in [3.63, 3.8) is 0 Å². The predicted molar refractivity (Wildman–Crippen MR) is 98.4 cm³/mol. The van der Waals surface area contributed by atoms with E-state index in [9.17, 15) is 0 Å². The fraction of sp³-hybridized carbons (Fsp3) is 0.143. The minimum Gasteiger partial charge on any atom is -0.481 e. The van der Waals surface area contributed by atoms with E-state index in [0.717, 1.165) is 33.0 Å². The molecule has 0 bridgehead atoms. The van der Waals surface area contributed by atoms with Gasteiger partial charge in [-0.2, -0.15) is 0 Å². The smallest absolute Gasteiger partial charge is 0.150 e. The lowest BCUT2D eigenvalue weighted by molar-refractivity contribution is 0.103. The van der Waals surface area contributed by atoms with Crippen molar-refractivity contribution in [1.29, 1.82) is 0 Å². The van der Waals surface area contributed by atoms with E-state index in [0.29, 0.717) is 13.0 Å². The highest BCUT2D eigenvalue weighted by Gasteiger charge is 2.41. The number of halogens is 1. The molecule has 0 aliphatic carbocycles. The van der Waals surface area contributed by atoms with Crippen molar-refractivity contribution in [3.05, 3.63) is 88.9 Å². The van der Waals surface area contributed by atoms with Gasteiger partial charge in [0.2, 0.25) is 0 Å². The Labute approximate surface area is 146 Å². The molecular weight excluding hydrogens is 318 g/mol. The second-order valence-corrected chi connectivity index (χ2v) is 6.52. The summed E-state index contributed by atoms with van der Waals surface area (Å²) in [4.78, 5) is 0. The normalized spacial score (nSPS) is 18.9. The van der Waals surface area contributed by atoms with Crippen molar-refractivity contribution in [2.75, 3.05) is 6.54 Å². The van der Waals surface area contributed by atoms with Crippen LogP contribution in [0.25, 0.3) is 11.1 Å². The third-order valence-electron chi connectivity index (χ3n) is 4.68. The van der Waals surface area contributed by atoms with Gasteiger partial charge in [0.1, 0.15) is 5.75 Å². The van der Waals surface area contributed by atoms with Gasteiger partial charge in [-0.25, -0.2) is 0 Å². The van der Waals surface area contributed by atoms with Crippen molar-refractivity contribution < 1.29 is 4.74 Å². The predicted octanol–water partition coefficient (Wildman–Crippen LogP) is 4.80. The first-order valence-corrected chi connectivity index (χ1v) is 8.43. The highest BCUT2D eigenvalue weighted by atomic mass is 35.5. The van der Waals surface area contributed by atoms with E-state index < -0.39 is 5.60 Å². The first kappa shape index (κ1) is 15.3. The Kier molecular flexibility index (Phi) is 3.79. The lowest BCUT2D eigenvalue weighted by Crippen LogP contribution is -2.39. The van der Waals surface area contributed by atoms with Crippen molar-refractivity contribution >= 4 is 11.6 Å². The van der Waals surface area contributed by atoms with Gasteiger partial charge in [0, 0.05) is 29.1 Å². The van der Waals surface area contributed by atoms with Gasteiger partial charge in [0.15, 0.2) is 5.60 Å². The molecule has 1 aliphatic rings. The molecule has 0 aromatic heterocycles. The fourth-order valence-corrected chi connectivity index (χ4v) is 3.74. The highest BCUT2D eigenvalue weighted by molar-refractivity contribution is 6.33. The van der Waals surface area contributed by atoms with Crippen LogP contribution in [0.3, 0.4) is 0 Å². The lowest BCUT2D eigenvalue weighted by atomic mass is 9.86. The molecular formula is C21H18ClNO. The summed E-state index contributed by atoms with van der Waals surface area (Å²) in [5.41, 5.74) is 9.99. The largest absolute Gasteiger partial charge is 0.481 e. The minimum atomic E-state index is -0.530. The molecule has 0 saturated carbocycles. The summed E-state index contributed by atoms with van der Waals surface area (Å²) >= 11 is 6.54. The molecule has 0 radical (unpaired) electrons. The van der Waals surface area contributed by atoms with E-state index in [1.54, 1.807) is 0 Å². The second-order valence-electron chi connectivity index (χ2n) is 6.11. The van der Waals surface area contributed by atoms with Crippen LogP contribution in [0.1, 0.15) is 11.1 Å². The first-order chi connectivity index (χ1) is 11.7. The van der Waals surface area contributed by atoms with Crippen LogP contribution < -0.4 is 10.5 Å². The van der Waals surface area contributed by atoms with Crippen molar-refractivity contribution in [2.45, 2.75) is 12.0 Å². The summed E-state index contributed by atoms with van der Waals surface area (Å²) in [6, 6.07) is 24.2. The van der Waals surface area contributed by atoms with Crippen LogP contribution in [-0.2, 0) is 12.0 Å². The van der Waals surface area contributed by atoms with Gasteiger partial charge in [-0.1, -0.05) is 72.3 Å². The molecule has 2 nitrogen and oxygen atoms in total. The molecule has 3 aromatic carbocycles. The van der Waals surface area contributed by atoms with E-state index in [4.69, 9.17) is 22.1 Å². The molecule has 1 aliphatic heterocycles. The summed E-state index contributed by atoms with van der Waals surface area (Å²) in [6.07, 6.45) is 0.716. The minimum absolute atomic E-state index is 0.414. The fourth-order valence-electron chi connectivity index (χ4n) is 3.45. The third-order valence-corrected chi connectivity index (χ3v) is 4.99. The molecule has 1 heterocycles. The summed E-state index contributed by atoms with van der Waals surface area (Å²) in [5, 5.41) is 0.740. The van der Waals surface area contributed by atoms with Gasteiger partial charge in [0.05, 0.1) is 0 Å². The molecule has 0 spiro atoms. The van der Waals surface area contributed by atoms with E-state index in [1.807, 2.05) is 48.5 Å². The van der Waals surface area contributed by atoms with Crippen LogP contribution >= 0.6 is 11.6 Å². The Morgan fingerprint density at radius 1 is 0.917 bits per heavy atom. The monoisotopic (exact) mass is 335 g/mol. The number of ether oxygens (including phenoxy) is 1. The summed E-state index contributed by atoms with van der Waals surface area (Å²) in [5.74, 6) is 0.868. The topological polar surface area (TPSA) is 35.2 Å². The number of benzene rings is 3. The summed E-state index contributed by atoms with van der Waals surface area (Å²) in [7, 11) is 0. The molecule has 0 saturated heterocycles. The van der Waals surface area contributed by atoms with Gasteiger partial charge < -0.3 is 10.5 Å². The Morgan fingerprint density at radius 3 is 2.25 bits per heavy atom. The zero-order valence-electron chi connectivity index (χ0n) is 13.2.